The number of nitrogens with zero attached hydrogens (tertiary/aromatic N) is 5. The number of ether oxygens (including phenoxy) is 4. The molecule has 2 rings (SSSR count). The highest BCUT2D eigenvalue weighted by Crippen LogP contribution is 2.42. The fraction of sp³-hybridized carbons (Fsp3) is 0.854. The van der Waals surface area contributed by atoms with Crippen molar-refractivity contribution in [2.45, 2.75) is 154 Å². The molecule has 344 valence electrons. The van der Waals surface area contributed by atoms with Gasteiger partial charge in [-0.05, 0) is 37.5 Å². The van der Waals surface area contributed by atoms with Crippen LogP contribution in [-0.4, -0.2) is 121 Å². The summed E-state index contributed by atoms with van der Waals surface area (Å²) in [7, 11) is 2.24. The van der Waals surface area contributed by atoms with Gasteiger partial charge in [-0.1, -0.05) is 95.5 Å². The minimum absolute atomic E-state index is 0.00664. The lowest BCUT2D eigenvalue weighted by atomic mass is 10.1. The van der Waals surface area contributed by atoms with Crippen LogP contribution in [0, 0.1) is 6.92 Å². The van der Waals surface area contributed by atoms with Gasteiger partial charge in [0.05, 0.1) is 71.7 Å². The zero-order valence-electron chi connectivity index (χ0n) is 36.9. The van der Waals surface area contributed by atoms with Crippen LogP contribution in [0.15, 0.2) is 20.8 Å². The van der Waals surface area contributed by atoms with E-state index in [9.17, 15) is 28.6 Å². The topological polar surface area (TPSA) is 221 Å². The Balaban J connectivity index is 1.60. The average Bonchev–Trinajstić information content (AvgIpc) is 3.56. The van der Waals surface area contributed by atoms with Gasteiger partial charge in [-0.3, -0.25) is 14.2 Å². The second-order valence-electron chi connectivity index (χ2n) is 16.7. The van der Waals surface area contributed by atoms with Gasteiger partial charge >= 0.3 is 25.2 Å². The summed E-state index contributed by atoms with van der Waals surface area (Å²) >= 11 is 1.82. The van der Waals surface area contributed by atoms with Crippen molar-refractivity contribution < 1.29 is 47.0 Å². The van der Waals surface area contributed by atoms with Gasteiger partial charge in [-0.2, -0.15) is 11.8 Å². The van der Waals surface area contributed by atoms with E-state index in [1.165, 1.54) is 63.9 Å². The Morgan fingerprint density at radius 2 is 1.60 bits per heavy atom. The molecule has 17 nitrogen and oxygen atoms in total. The van der Waals surface area contributed by atoms with Crippen LogP contribution < -0.4 is 11.2 Å². The number of hydrogen-bond donors (Lipinski definition) is 2. The maximum atomic E-state index is 12.7. The quantitative estimate of drug-likeness (QED) is 0.0128. The molecular weight excluding hydrogens is 816 g/mol. The number of nitrogens with one attached hydrogen (secondary N) is 1. The molecule has 19 heteroatoms. The third-order valence-electron chi connectivity index (χ3n) is 10.1. The minimum atomic E-state index is -3.71. The largest absolute Gasteiger partial charge is 0.463 e. The molecule has 60 heavy (non-hydrogen) atoms. The first-order valence-corrected chi connectivity index (χ1v) is 24.9. The molecule has 5 atom stereocenters. The highest BCUT2D eigenvalue weighted by Gasteiger charge is 2.38. The molecule has 1 fully saturated rings. The summed E-state index contributed by atoms with van der Waals surface area (Å²) in [6.07, 6.45) is 15.7. The molecule has 1 saturated heterocycles. The van der Waals surface area contributed by atoms with Crippen LogP contribution in [0.4, 0.5) is 0 Å². The number of carbonyl (C=O) groups excluding carboxylic acids is 2. The molecule has 0 saturated carbocycles. The van der Waals surface area contributed by atoms with Crippen molar-refractivity contribution in [2.24, 2.45) is 5.11 Å². The van der Waals surface area contributed by atoms with Gasteiger partial charge in [0.25, 0.3) is 5.56 Å². The number of carbonyl (C=O) groups is 2. The van der Waals surface area contributed by atoms with Gasteiger partial charge in [0.1, 0.15) is 6.23 Å². The molecule has 1 aliphatic heterocycles. The molecule has 1 aliphatic rings. The summed E-state index contributed by atoms with van der Waals surface area (Å²) in [5, 5.41) is 3.65. The van der Waals surface area contributed by atoms with Gasteiger partial charge in [0.15, 0.2) is 6.61 Å². The van der Waals surface area contributed by atoms with Crippen molar-refractivity contribution >= 4 is 31.3 Å². The summed E-state index contributed by atoms with van der Waals surface area (Å²) in [4.78, 5) is 65.1. The standard InChI is InChI=1S/C41H73N6O11PS/c1-6-7-8-9-10-11-12-15-18-21-26-60-32-34(30-57-59(52,53)25-22-47(3,4)5)54-23-19-16-13-14-17-20-24-55-40(50)31-56-39(49)29-36-35(44-45-42)28-38(58-36)46-37(48)27-33(2)43-41(46)51/h27,34-36,38H,6-26,28-32H2,1-5H3,(H-,43,48,51,52,53)/p+1. The van der Waals surface area contributed by atoms with Crippen LogP contribution in [-0.2, 0) is 37.6 Å². The van der Waals surface area contributed by atoms with E-state index in [1.54, 1.807) is 6.92 Å². The molecule has 0 spiro atoms. The Morgan fingerprint density at radius 1 is 0.983 bits per heavy atom. The molecule has 2 N–H and O–H groups in total. The van der Waals surface area contributed by atoms with Crippen LogP contribution in [0.1, 0.15) is 134 Å². The Morgan fingerprint density at radius 3 is 2.22 bits per heavy atom. The first-order chi connectivity index (χ1) is 28.6. The molecule has 0 amide bonds. The van der Waals surface area contributed by atoms with E-state index in [0.717, 1.165) is 54.6 Å². The maximum Gasteiger partial charge on any atom is 0.344 e. The van der Waals surface area contributed by atoms with Crippen LogP contribution in [0.25, 0.3) is 10.4 Å². The molecular formula is C41H74N6O11PS+. The van der Waals surface area contributed by atoms with E-state index in [1.807, 2.05) is 32.9 Å². The van der Waals surface area contributed by atoms with Gasteiger partial charge in [0, 0.05) is 35.5 Å². The molecule has 0 aromatic carbocycles. The maximum absolute atomic E-state index is 12.7. The lowest BCUT2D eigenvalue weighted by Crippen LogP contribution is -2.38. The van der Waals surface area contributed by atoms with E-state index in [2.05, 4.69) is 21.9 Å². The van der Waals surface area contributed by atoms with Crippen molar-refractivity contribution in [3.05, 3.63) is 43.0 Å². The van der Waals surface area contributed by atoms with Crippen molar-refractivity contribution in [2.75, 3.05) is 71.8 Å². The summed E-state index contributed by atoms with van der Waals surface area (Å²) in [5.74, 6) is 0.285. The molecule has 0 radical (unpaired) electrons. The predicted molar refractivity (Wildman–Crippen MR) is 234 cm³/mol. The number of aromatic amines is 1. The molecule has 0 aliphatic carbocycles. The number of esters is 2. The number of hydrogen-bond acceptors (Lipinski definition) is 12. The average molecular weight is 890 g/mol. The van der Waals surface area contributed by atoms with Gasteiger partial charge in [-0.15, -0.1) is 0 Å². The fourth-order valence-corrected chi connectivity index (χ4v) is 9.04. The van der Waals surface area contributed by atoms with Crippen molar-refractivity contribution in [1.82, 2.24) is 9.55 Å². The van der Waals surface area contributed by atoms with Gasteiger partial charge in [-0.25, -0.2) is 14.2 Å². The second kappa shape index (κ2) is 30.4. The molecule has 1 aromatic rings. The van der Waals surface area contributed by atoms with Gasteiger partial charge in [0.2, 0.25) is 0 Å². The van der Waals surface area contributed by atoms with Gasteiger partial charge < -0.3 is 37.8 Å². The number of rotatable bonds is 35. The lowest BCUT2D eigenvalue weighted by molar-refractivity contribution is -0.867. The highest BCUT2D eigenvalue weighted by atomic mass is 32.2. The number of quaternary nitrogens is 1. The number of azide groups is 1. The number of H-pyrrole nitrogens is 1. The summed E-state index contributed by atoms with van der Waals surface area (Å²) in [6.45, 7) is 4.60. The summed E-state index contributed by atoms with van der Waals surface area (Å²) < 4.78 is 41.9. The third kappa shape index (κ3) is 24.7. The predicted octanol–water partition coefficient (Wildman–Crippen LogP) is 7.58. The van der Waals surface area contributed by atoms with Crippen molar-refractivity contribution in [1.29, 1.82) is 0 Å². The zero-order valence-corrected chi connectivity index (χ0v) is 38.6. The smallest absolute Gasteiger partial charge is 0.344 e. The molecule has 0 bridgehead atoms. The first kappa shape index (κ1) is 53.4. The van der Waals surface area contributed by atoms with Crippen molar-refractivity contribution in [3.63, 3.8) is 0 Å². The van der Waals surface area contributed by atoms with E-state index < -0.39 is 55.8 Å². The SMILES string of the molecule is CCCCCCCCCCCCSCC(COP(=O)(O)CC[N+](C)(C)C)OCCCCCCCCOC(=O)COC(=O)CC1OC(n2c(=O)cc(C)[nH]c2=O)CC1N=[N+]=[N-]. The number of aromatic nitrogens is 2. The molecule has 5 unspecified atom stereocenters. The van der Waals surface area contributed by atoms with E-state index >= 15 is 0 Å². The third-order valence-corrected chi connectivity index (χ3v) is 12.6. The van der Waals surface area contributed by atoms with Crippen LogP contribution in [0.3, 0.4) is 0 Å². The van der Waals surface area contributed by atoms with Crippen LogP contribution in [0.5, 0.6) is 0 Å². The highest BCUT2D eigenvalue weighted by molar-refractivity contribution is 7.99. The second-order valence-corrected chi connectivity index (χ2v) is 19.9. The Bertz CT molecular complexity index is 1570. The fourth-order valence-electron chi connectivity index (χ4n) is 6.63. The normalized spacial score (nSPS) is 18.1. The van der Waals surface area contributed by atoms with Crippen LogP contribution in [0.2, 0.25) is 0 Å². The Labute approximate surface area is 360 Å². The summed E-state index contributed by atoms with van der Waals surface area (Å²) in [6, 6.07) is 0.405. The first-order valence-electron chi connectivity index (χ1n) is 21.9. The number of unbranched alkanes of at least 4 members (excludes halogenated alkanes) is 14. The summed E-state index contributed by atoms with van der Waals surface area (Å²) in [5.41, 5.74) is 8.07. The number of thioether (sulfide) groups is 1. The van der Waals surface area contributed by atoms with E-state index in [-0.39, 0.29) is 38.3 Å². The Kier molecular flexibility index (Phi) is 27.1. The monoisotopic (exact) mass is 889 g/mol. The lowest BCUT2D eigenvalue weighted by Gasteiger charge is -2.25. The minimum Gasteiger partial charge on any atom is -0.463 e. The van der Waals surface area contributed by atoms with Crippen molar-refractivity contribution in [3.8, 4) is 0 Å². The zero-order chi connectivity index (χ0) is 44.2. The number of aryl methyl sites for hydroxylation is 1. The van der Waals surface area contributed by atoms with E-state index in [4.69, 9.17) is 29.0 Å². The molecule has 1 aromatic heterocycles. The van der Waals surface area contributed by atoms with E-state index in [0.29, 0.717) is 29.7 Å². The van der Waals surface area contributed by atoms with Crippen LogP contribution >= 0.6 is 19.4 Å². The molecule has 2 heterocycles. The Hall–Kier alpha value is -2.69.